The van der Waals surface area contributed by atoms with Crippen molar-refractivity contribution in [3.63, 3.8) is 0 Å². The van der Waals surface area contributed by atoms with E-state index in [2.05, 4.69) is 15.9 Å². The molecule has 0 bridgehead atoms. The largest absolute Gasteiger partial charge is 0.486 e. The molecule has 0 aliphatic carbocycles. The molecule has 104 valence electrons. The van der Waals surface area contributed by atoms with E-state index in [0.29, 0.717) is 34.7 Å². The summed E-state index contributed by atoms with van der Waals surface area (Å²) in [6.45, 7) is 3.85. The maximum absolute atomic E-state index is 11.2. The molecule has 0 amide bonds. The van der Waals surface area contributed by atoms with E-state index in [-0.39, 0.29) is 0 Å². The van der Waals surface area contributed by atoms with Gasteiger partial charge in [-0.1, -0.05) is 0 Å². The number of rotatable bonds is 3. The second-order valence-electron chi connectivity index (χ2n) is 4.96. The summed E-state index contributed by atoms with van der Waals surface area (Å²) in [7, 11) is 0. The van der Waals surface area contributed by atoms with E-state index in [1.165, 1.54) is 13.8 Å². The molecule has 19 heavy (non-hydrogen) atoms. The van der Waals surface area contributed by atoms with Gasteiger partial charge in [-0.05, 0) is 47.5 Å². The van der Waals surface area contributed by atoms with E-state index in [0.717, 1.165) is 0 Å². The predicted octanol–water partition coefficient (Wildman–Crippen LogP) is 2.36. The summed E-state index contributed by atoms with van der Waals surface area (Å²) in [6.07, 6.45) is -1.14. The Morgan fingerprint density at radius 3 is 2.63 bits per heavy atom. The van der Waals surface area contributed by atoms with Crippen LogP contribution in [0.5, 0.6) is 11.5 Å². The summed E-state index contributed by atoms with van der Waals surface area (Å²) >= 11 is 3.34. The minimum atomic E-state index is -1.29. The number of fused-ring (bicyclic) bond motifs is 1. The topological polar surface area (TPSA) is 76.0 Å². The highest BCUT2D eigenvalue weighted by molar-refractivity contribution is 9.10. The van der Waals surface area contributed by atoms with Gasteiger partial charge in [0.1, 0.15) is 13.2 Å². The van der Waals surface area contributed by atoms with Crippen LogP contribution < -0.4 is 9.47 Å². The fourth-order valence-corrected chi connectivity index (χ4v) is 2.40. The van der Waals surface area contributed by atoms with E-state index in [4.69, 9.17) is 14.6 Å². The van der Waals surface area contributed by atoms with E-state index in [9.17, 15) is 9.90 Å². The zero-order valence-corrected chi connectivity index (χ0v) is 12.2. The molecule has 0 aromatic heterocycles. The lowest BCUT2D eigenvalue weighted by molar-refractivity contribution is -0.153. The molecule has 1 aliphatic rings. The Kier molecular flexibility index (Phi) is 3.73. The Labute approximate surface area is 119 Å². The summed E-state index contributed by atoms with van der Waals surface area (Å²) in [5.41, 5.74) is -0.813. The highest BCUT2D eigenvalue weighted by atomic mass is 79.9. The SMILES string of the molecule is CC(C)(C(=O)O)C(O)c1cc(Br)c2c(c1)OCCO2. The van der Waals surface area contributed by atoms with Crippen LogP contribution in [0.25, 0.3) is 0 Å². The van der Waals surface area contributed by atoms with Crippen molar-refractivity contribution >= 4 is 21.9 Å². The number of carboxylic acid groups (broad SMARTS) is 1. The quantitative estimate of drug-likeness (QED) is 0.889. The molecular formula is C13H15BrO5. The monoisotopic (exact) mass is 330 g/mol. The number of hydrogen-bond donors (Lipinski definition) is 2. The van der Waals surface area contributed by atoms with Crippen molar-refractivity contribution in [2.45, 2.75) is 20.0 Å². The van der Waals surface area contributed by atoms with Crippen LogP contribution in [0.15, 0.2) is 16.6 Å². The standard InChI is InChI=1S/C13H15BrO5/c1-13(2,12(16)17)11(15)7-5-8(14)10-9(6-7)18-3-4-19-10/h5-6,11,15H,3-4H2,1-2H3,(H,16,17). The molecule has 6 heteroatoms. The van der Waals surface area contributed by atoms with E-state index >= 15 is 0 Å². The highest BCUT2D eigenvalue weighted by Gasteiger charge is 2.37. The fraction of sp³-hybridized carbons (Fsp3) is 0.462. The maximum Gasteiger partial charge on any atom is 0.312 e. The van der Waals surface area contributed by atoms with Gasteiger partial charge < -0.3 is 19.7 Å². The Bertz CT molecular complexity index is 512. The number of ether oxygens (including phenoxy) is 2. The third kappa shape index (κ3) is 2.55. The van der Waals surface area contributed by atoms with Gasteiger partial charge in [0, 0.05) is 0 Å². The molecule has 2 rings (SSSR count). The minimum Gasteiger partial charge on any atom is -0.486 e. The number of benzene rings is 1. The number of hydrogen-bond acceptors (Lipinski definition) is 4. The van der Waals surface area contributed by atoms with Crippen molar-refractivity contribution in [2.24, 2.45) is 5.41 Å². The zero-order valence-electron chi connectivity index (χ0n) is 10.6. The number of carboxylic acids is 1. The van der Waals surface area contributed by atoms with Crippen molar-refractivity contribution in [1.82, 2.24) is 0 Å². The number of carbonyl (C=O) groups is 1. The maximum atomic E-state index is 11.2. The van der Waals surface area contributed by atoms with Crippen molar-refractivity contribution < 1.29 is 24.5 Å². The molecule has 0 saturated carbocycles. The van der Waals surface area contributed by atoms with Crippen LogP contribution >= 0.6 is 15.9 Å². The molecule has 1 aromatic rings. The zero-order chi connectivity index (χ0) is 14.2. The van der Waals surface area contributed by atoms with Gasteiger partial charge in [-0.3, -0.25) is 4.79 Å². The van der Waals surface area contributed by atoms with Crippen LogP contribution in [-0.4, -0.2) is 29.4 Å². The summed E-state index contributed by atoms with van der Waals surface area (Å²) in [4.78, 5) is 11.2. The summed E-state index contributed by atoms with van der Waals surface area (Å²) in [6, 6.07) is 3.28. The third-order valence-corrected chi connectivity index (χ3v) is 3.76. The van der Waals surface area contributed by atoms with Gasteiger partial charge in [-0.15, -0.1) is 0 Å². The lowest BCUT2D eigenvalue weighted by Gasteiger charge is -2.28. The van der Waals surface area contributed by atoms with Crippen molar-refractivity contribution in [2.75, 3.05) is 13.2 Å². The molecule has 5 nitrogen and oxygen atoms in total. The first kappa shape index (κ1) is 14.1. The van der Waals surface area contributed by atoms with Gasteiger partial charge in [0.25, 0.3) is 0 Å². The molecule has 2 N–H and O–H groups in total. The van der Waals surface area contributed by atoms with Gasteiger partial charge in [0.15, 0.2) is 11.5 Å². The lowest BCUT2D eigenvalue weighted by Crippen LogP contribution is -2.31. The predicted molar refractivity (Wildman–Crippen MR) is 71.5 cm³/mol. The molecule has 0 saturated heterocycles. The van der Waals surface area contributed by atoms with Crippen LogP contribution in [-0.2, 0) is 4.79 Å². The first-order chi connectivity index (χ1) is 8.84. The average Bonchev–Trinajstić information content (AvgIpc) is 2.37. The van der Waals surface area contributed by atoms with Crippen molar-refractivity contribution in [3.8, 4) is 11.5 Å². The Hall–Kier alpha value is -1.27. The highest BCUT2D eigenvalue weighted by Crippen LogP contribution is 2.43. The molecule has 1 atom stereocenters. The summed E-state index contributed by atoms with van der Waals surface area (Å²) in [5, 5.41) is 19.4. The first-order valence-electron chi connectivity index (χ1n) is 5.84. The third-order valence-electron chi connectivity index (χ3n) is 3.17. The van der Waals surface area contributed by atoms with Crippen molar-refractivity contribution in [1.29, 1.82) is 0 Å². The molecule has 1 heterocycles. The Balaban J connectivity index is 2.41. The number of aliphatic hydroxyl groups is 1. The number of aliphatic hydroxyl groups excluding tert-OH is 1. The molecule has 0 spiro atoms. The van der Waals surface area contributed by atoms with Gasteiger partial charge in [0.2, 0.25) is 0 Å². The minimum absolute atomic E-state index is 0.432. The second kappa shape index (κ2) is 5.02. The molecular weight excluding hydrogens is 316 g/mol. The van der Waals surface area contributed by atoms with Gasteiger partial charge >= 0.3 is 5.97 Å². The van der Waals surface area contributed by atoms with Gasteiger partial charge in [-0.25, -0.2) is 0 Å². The Morgan fingerprint density at radius 1 is 1.37 bits per heavy atom. The van der Waals surface area contributed by atoms with E-state index in [1.807, 2.05) is 0 Å². The molecule has 0 radical (unpaired) electrons. The number of halogens is 1. The normalized spacial score (nSPS) is 16.0. The summed E-state index contributed by atoms with van der Waals surface area (Å²) in [5.74, 6) is 0.0252. The molecule has 1 unspecified atom stereocenters. The first-order valence-corrected chi connectivity index (χ1v) is 6.64. The van der Waals surface area contributed by atoms with Crippen molar-refractivity contribution in [3.05, 3.63) is 22.2 Å². The van der Waals surface area contributed by atoms with Crippen LogP contribution in [0, 0.1) is 5.41 Å². The number of aliphatic carboxylic acids is 1. The van der Waals surface area contributed by atoms with E-state index in [1.54, 1.807) is 12.1 Å². The summed E-state index contributed by atoms with van der Waals surface area (Å²) < 4.78 is 11.5. The smallest absolute Gasteiger partial charge is 0.312 e. The lowest BCUT2D eigenvalue weighted by atomic mass is 9.82. The van der Waals surface area contributed by atoms with Crippen LogP contribution in [0.2, 0.25) is 0 Å². The average molecular weight is 331 g/mol. The van der Waals surface area contributed by atoms with Crippen LogP contribution in [0.3, 0.4) is 0 Å². The molecule has 0 fully saturated rings. The Morgan fingerprint density at radius 2 is 2.00 bits per heavy atom. The van der Waals surface area contributed by atoms with Gasteiger partial charge in [0.05, 0.1) is 16.0 Å². The van der Waals surface area contributed by atoms with E-state index < -0.39 is 17.5 Å². The van der Waals surface area contributed by atoms with Gasteiger partial charge in [-0.2, -0.15) is 0 Å². The fourth-order valence-electron chi connectivity index (χ4n) is 1.82. The second-order valence-corrected chi connectivity index (χ2v) is 5.81. The molecule has 1 aliphatic heterocycles. The van der Waals surface area contributed by atoms with Crippen LogP contribution in [0.1, 0.15) is 25.5 Å². The van der Waals surface area contributed by atoms with Crippen LogP contribution in [0.4, 0.5) is 0 Å². The molecule has 1 aromatic carbocycles.